The van der Waals surface area contributed by atoms with Crippen molar-refractivity contribution in [2.45, 2.75) is 44.7 Å². The third-order valence-corrected chi connectivity index (χ3v) is 5.83. The Morgan fingerprint density at radius 1 is 0.935 bits per heavy atom. The maximum atomic E-state index is 12.9. The highest BCUT2D eigenvalue weighted by molar-refractivity contribution is 5.40. The van der Waals surface area contributed by atoms with Crippen LogP contribution in [0.25, 0.3) is 0 Å². The molecule has 6 nitrogen and oxygen atoms in total. The number of fused-ring (bicyclic) bond motifs is 1. The molecule has 0 saturated carbocycles. The maximum absolute atomic E-state index is 12.9. The molecule has 2 aliphatic rings. The lowest BCUT2D eigenvalue weighted by Crippen LogP contribution is -2.47. The largest absolute Gasteiger partial charge is 0.477 e. The van der Waals surface area contributed by atoms with Crippen LogP contribution in [-0.4, -0.2) is 59.2 Å². The molecule has 1 fully saturated rings. The van der Waals surface area contributed by atoms with Crippen LogP contribution < -0.4 is 9.64 Å². The first-order valence-corrected chi connectivity index (χ1v) is 11.0. The molecule has 9 heteroatoms. The van der Waals surface area contributed by atoms with E-state index in [1.165, 1.54) is 18.9 Å². The van der Waals surface area contributed by atoms with Gasteiger partial charge in [0.15, 0.2) is 0 Å². The van der Waals surface area contributed by atoms with Gasteiger partial charge in [0.1, 0.15) is 11.5 Å². The third kappa shape index (κ3) is 5.84. The minimum Gasteiger partial charge on any atom is -0.477 e. The standard InChI is InChI=1S/C22H28F3N5O/c23-22(24,25)19-8-5-9-20(28-19)30-13-11-29(12-14-30)10-3-4-15-31-21-16-26-17-6-1-2-7-18(17)27-21/h5,8-9,16H,1-4,6-7,10-15H2. The zero-order valence-corrected chi connectivity index (χ0v) is 17.6. The maximum Gasteiger partial charge on any atom is 0.433 e. The first-order chi connectivity index (χ1) is 15.0. The number of piperazine rings is 1. The number of aromatic nitrogens is 3. The average Bonchev–Trinajstić information content (AvgIpc) is 2.79. The van der Waals surface area contributed by atoms with E-state index in [1.807, 2.05) is 4.90 Å². The number of alkyl halides is 3. The fraction of sp³-hybridized carbons (Fsp3) is 0.591. The zero-order chi connectivity index (χ0) is 21.7. The van der Waals surface area contributed by atoms with Crippen LogP contribution in [0.2, 0.25) is 0 Å². The molecule has 4 rings (SSSR count). The smallest absolute Gasteiger partial charge is 0.433 e. The summed E-state index contributed by atoms with van der Waals surface area (Å²) in [7, 11) is 0. The van der Waals surface area contributed by atoms with Gasteiger partial charge in [-0.1, -0.05) is 6.07 Å². The molecule has 0 atom stereocenters. The summed E-state index contributed by atoms with van der Waals surface area (Å²) in [4.78, 5) is 17.1. The lowest BCUT2D eigenvalue weighted by atomic mass is 10.0. The van der Waals surface area contributed by atoms with Crippen molar-refractivity contribution < 1.29 is 17.9 Å². The number of anilines is 1. The average molecular weight is 435 g/mol. The van der Waals surface area contributed by atoms with Crippen LogP contribution in [0.4, 0.5) is 19.0 Å². The van der Waals surface area contributed by atoms with E-state index in [9.17, 15) is 13.2 Å². The molecule has 3 heterocycles. The highest BCUT2D eigenvalue weighted by Crippen LogP contribution is 2.29. The molecule has 0 bridgehead atoms. The van der Waals surface area contributed by atoms with E-state index in [4.69, 9.17) is 4.74 Å². The Balaban J connectivity index is 1.15. The lowest BCUT2D eigenvalue weighted by molar-refractivity contribution is -0.141. The number of unbranched alkanes of at least 4 members (excludes halogenated alkanes) is 1. The molecule has 0 spiro atoms. The number of ether oxygens (including phenoxy) is 1. The minimum absolute atomic E-state index is 0.397. The normalized spacial score (nSPS) is 17.5. The second kappa shape index (κ2) is 9.80. The van der Waals surface area contributed by atoms with Crippen molar-refractivity contribution in [3.8, 4) is 5.88 Å². The van der Waals surface area contributed by atoms with E-state index >= 15 is 0 Å². The molecule has 0 aromatic carbocycles. The van der Waals surface area contributed by atoms with Gasteiger partial charge in [0, 0.05) is 26.2 Å². The number of nitrogens with zero attached hydrogens (tertiary/aromatic N) is 5. The molecule has 2 aromatic rings. The Bertz CT molecular complexity index is 868. The molecule has 1 aliphatic carbocycles. The van der Waals surface area contributed by atoms with Gasteiger partial charge in [-0.3, -0.25) is 9.88 Å². The molecular weight excluding hydrogens is 407 g/mol. The fourth-order valence-electron chi connectivity index (χ4n) is 4.07. The molecule has 1 saturated heterocycles. The van der Waals surface area contributed by atoms with Crippen molar-refractivity contribution in [2.75, 3.05) is 44.2 Å². The molecule has 2 aromatic heterocycles. The predicted octanol–water partition coefficient (Wildman–Crippen LogP) is 3.75. The van der Waals surface area contributed by atoms with Crippen molar-refractivity contribution in [3.05, 3.63) is 41.5 Å². The van der Waals surface area contributed by atoms with Gasteiger partial charge in [0.2, 0.25) is 5.88 Å². The summed E-state index contributed by atoms with van der Waals surface area (Å²) < 4.78 is 44.4. The number of halogens is 3. The van der Waals surface area contributed by atoms with Gasteiger partial charge in [0.25, 0.3) is 0 Å². The number of hydrogen-bond acceptors (Lipinski definition) is 6. The van der Waals surface area contributed by atoms with Gasteiger partial charge in [0.05, 0.1) is 24.2 Å². The molecular formula is C22H28F3N5O. The second-order valence-corrected chi connectivity index (χ2v) is 8.07. The highest BCUT2D eigenvalue weighted by atomic mass is 19.4. The third-order valence-electron chi connectivity index (χ3n) is 5.83. The summed E-state index contributed by atoms with van der Waals surface area (Å²) in [6.07, 6.45) is 3.60. The Labute approximate surface area is 180 Å². The topological polar surface area (TPSA) is 54.4 Å². The fourth-order valence-corrected chi connectivity index (χ4v) is 4.07. The second-order valence-electron chi connectivity index (χ2n) is 8.07. The van der Waals surface area contributed by atoms with Crippen molar-refractivity contribution in [1.82, 2.24) is 19.9 Å². The van der Waals surface area contributed by atoms with Crippen molar-refractivity contribution >= 4 is 5.82 Å². The van der Waals surface area contributed by atoms with E-state index in [2.05, 4.69) is 19.9 Å². The summed E-state index contributed by atoms with van der Waals surface area (Å²) in [5.41, 5.74) is 1.35. The van der Waals surface area contributed by atoms with Crippen molar-refractivity contribution in [3.63, 3.8) is 0 Å². The van der Waals surface area contributed by atoms with E-state index in [0.29, 0.717) is 31.4 Å². The Morgan fingerprint density at radius 3 is 2.48 bits per heavy atom. The van der Waals surface area contributed by atoms with E-state index in [0.717, 1.165) is 62.8 Å². The monoisotopic (exact) mass is 435 g/mol. The minimum atomic E-state index is -4.41. The van der Waals surface area contributed by atoms with Crippen LogP contribution in [0.5, 0.6) is 5.88 Å². The Morgan fingerprint density at radius 2 is 1.71 bits per heavy atom. The summed E-state index contributed by atoms with van der Waals surface area (Å²) in [6.45, 7) is 4.54. The highest BCUT2D eigenvalue weighted by Gasteiger charge is 2.33. The summed E-state index contributed by atoms with van der Waals surface area (Å²) in [5, 5.41) is 0. The van der Waals surface area contributed by atoms with Crippen molar-refractivity contribution in [1.29, 1.82) is 0 Å². The van der Waals surface area contributed by atoms with Gasteiger partial charge < -0.3 is 9.64 Å². The van der Waals surface area contributed by atoms with Gasteiger partial charge in [-0.2, -0.15) is 13.2 Å². The van der Waals surface area contributed by atoms with Crippen LogP contribution in [0.3, 0.4) is 0 Å². The van der Waals surface area contributed by atoms with Gasteiger partial charge in [-0.25, -0.2) is 9.97 Å². The lowest BCUT2D eigenvalue weighted by Gasteiger charge is -2.35. The molecule has 0 radical (unpaired) electrons. The molecule has 0 amide bonds. The summed E-state index contributed by atoms with van der Waals surface area (Å²) in [6, 6.07) is 4.08. The Hall–Kier alpha value is -2.42. The van der Waals surface area contributed by atoms with Crippen LogP contribution in [-0.2, 0) is 19.0 Å². The SMILES string of the molecule is FC(F)(F)c1cccc(N2CCN(CCCCOc3cnc4c(n3)CCCC4)CC2)n1. The van der Waals surface area contributed by atoms with E-state index in [1.54, 1.807) is 12.3 Å². The number of pyridine rings is 1. The molecule has 31 heavy (non-hydrogen) atoms. The predicted molar refractivity (Wildman–Crippen MR) is 111 cm³/mol. The number of rotatable bonds is 7. The van der Waals surface area contributed by atoms with Gasteiger partial charge >= 0.3 is 6.18 Å². The molecule has 0 unspecified atom stereocenters. The van der Waals surface area contributed by atoms with E-state index in [-0.39, 0.29) is 0 Å². The molecule has 168 valence electrons. The summed E-state index contributed by atoms with van der Waals surface area (Å²) in [5.74, 6) is 1.01. The number of aryl methyl sites for hydroxylation is 2. The zero-order valence-electron chi connectivity index (χ0n) is 17.6. The Kier molecular flexibility index (Phi) is 6.89. The van der Waals surface area contributed by atoms with Crippen LogP contribution in [0.15, 0.2) is 24.4 Å². The number of hydrogen-bond donors (Lipinski definition) is 0. The summed E-state index contributed by atoms with van der Waals surface area (Å²) >= 11 is 0. The van der Waals surface area contributed by atoms with E-state index < -0.39 is 11.9 Å². The van der Waals surface area contributed by atoms with Crippen LogP contribution in [0.1, 0.15) is 42.8 Å². The van der Waals surface area contributed by atoms with Gasteiger partial charge in [-0.15, -0.1) is 0 Å². The van der Waals surface area contributed by atoms with Crippen LogP contribution in [0, 0.1) is 0 Å². The quantitative estimate of drug-likeness (QED) is 0.618. The first-order valence-electron chi connectivity index (χ1n) is 11.0. The van der Waals surface area contributed by atoms with Gasteiger partial charge in [-0.05, 0) is 57.2 Å². The van der Waals surface area contributed by atoms with Crippen molar-refractivity contribution in [2.24, 2.45) is 0 Å². The van der Waals surface area contributed by atoms with Crippen LogP contribution >= 0.6 is 0 Å². The molecule has 1 aliphatic heterocycles. The molecule has 0 N–H and O–H groups in total. The first kappa shape index (κ1) is 21.8.